The van der Waals surface area contributed by atoms with Crippen molar-refractivity contribution < 1.29 is 0 Å². The highest BCUT2D eigenvalue weighted by Gasteiger charge is 1.99. The number of rotatable bonds is 3. The molecule has 1 rings (SSSR count). The smallest absolute Gasteiger partial charge is 0.252 e. The van der Waals surface area contributed by atoms with E-state index in [1.54, 1.807) is 0 Å². The van der Waals surface area contributed by atoms with Crippen LogP contribution in [0, 0.1) is 0 Å². The minimum absolute atomic E-state index is 0.149. The molecule has 0 bridgehead atoms. The number of hydrogen-bond donors (Lipinski definition) is 2. The molecule has 0 saturated heterocycles. The van der Waals surface area contributed by atoms with E-state index in [9.17, 15) is 4.79 Å². The largest absolute Gasteiger partial charge is 0.358 e. The maximum atomic E-state index is 10.8. The highest BCUT2D eigenvalue weighted by atomic mass is 16.1. The number of aromatic amines is 1. The number of hydrogen-bond acceptors (Lipinski definition) is 4. The molecule has 0 aliphatic rings. The minimum atomic E-state index is -0.149. The van der Waals surface area contributed by atoms with Crippen LogP contribution in [0.2, 0.25) is 0 Å². The Balaban J connectivity index is 2.80. The lowest BCUT2D eigenvalue weighted by atomic mass is 10.5. The molecule has 5 heteroatoms. The van der Waals surface area contributed by atoms with E-state index in [1.165, 1.54) is 12.4 Å². The summed E-state index contributed by atoms with van der Waals surface area (Å²) in [6, 6.07) is 1.44. The molecule has 0 saturated carbocycles. The Kier molecular flexibility index (Phi) is 2.82. The van der Waals surface area contributed by atoms with Crippen LogP contribution in [0.4, 0.5) is 5.82 Å². The second-order valence-corrected chi connectivity index (χ2v) is 2.48. The summed E-state index contributed by atoms with van der Waals surface area (Å²) in [5.74, 6) is 0.643. The van der Waals surface area contributed by atoms with Crippen molar-refractivity contribution in [2.24, 2.45) is 5.73 Å². The van der Waals surface area contributed by atoms with Crippen LogP contribution in [0.1, 0.15) is 0 Å². The molecule has 5 nitrogen and oxygen atoms in total. The van der Waals surface area contributed by atoms with E-state index in [0.717, 1.165) is 0 Å². The Hall–Kier alpha value is -1.36. The lowest BCUT2D eigenvalue weighted by Crippen LogP contribution is -2.26. The molecular formula is C7H12N4O. The van der Waals surface area contributed by atoms with Gasteiger partial charge in [-0.05, 0) is 0 Å². The monoisotopic (exact) mass is 168 g/mol. The van der Waals surface area contributed by atoms with Gasteiger partial charge >= 0.3 is 0 Å². The standard InChI is InChI=1S/C7H12N4O/c1-11(3-2-8)6-4-7(12)10-5-9-6/h4-5H,2-3,8H2,1H3,(H,9,10,12). The Morgan fingerprint density at radius 1 is 1.75 bits per heavy atom. The molecule has 0 unspecified atom stereocenters. The first-order valence-corrected chi connectivity index (χ1v) is 3.70. The van der Waals surface area contributed by atoms with Crippen molar-refractivity contribution in [1.82, 2.24) is 9.97 Å². The number of nitrogens with one attached hydrogen (secondary N) is 1. The normalized spacial score (nSPS) is 9.83. The summed E-state index contributed by atoms with van der Waals surface area (Å²) in [6.45, 7) is 1.24. The highest BCUT2D eigenvalue weighted by molar-refractivity contribution is 5.34. The predicted octanol–water partition coefficient (Wildman–Crippen LogP) is -0.835. The molecule has 66 valence electrons. The van der Waals surface area contributed by atoms with E-state index in [1.807, 2.05) is 11.9 Å². The van der Waals surface area contributed by atoms with Gasteiger partial charge in [0.25, 0.3) is 5.56 Å². The fraction of sp³-hybridized carbons (Fsp3) is 0.429. The van der Waals surface area contributed by atoms with Gasteiger partial charge in [0.15, 0.2) is 0 Å². The fourth-order valence-electron chi connectivity index (χ4n) is 0.875. The fourth-order valence-corrected chi connectivity index (χ4v) is 0.875. The van der Waals surface area contributed by atoms with E-state index in [4.69, 9.17) is 5.73 Å². The van der Waals surface area contributed by atoms with Crippen molar-refractivity contribution in [2.45, 2.75) is 0 Å². The van der Waals surface area contributed by atoms with Gasteiger partial charge in [-0.1, -0.05) is 0 Å². The van der Waals surface area contributed by atoms with E-state index < -0.39 is 0 Å². The van der Waals surface area contributed by atoms with Crippen LogP contribution < -0.4 is 16.2 Å². The van der Waals surface area contributed by atoms with Crippen LogP contribution in [0.5, 0.6) is 0 Å². The van der Waals surface area contributed by atoms with Gasteiger partial charge in [0.05, 0.1) is 6.33 Å². The SMILES string of the molecule is CN(CCN)c1cc(=O)[nH]cn1. The van der Waals surface area contributed by atoms with Crippen molar-refractivity contribution in [2.75, 3.05) is 25.0 Å². The summed E-state index contributed by atoms with van der Waals surface area (Å²) < 4.78 is 0. The third-order valence-corrected chi connectivity index (χ3v) is 1.52. The third kappa shape index (κ3) is 2.06. The number of anilines is 1. The lowest BCUT2D eigenvalue weighted by Gasteiger charge is -2.15. The summed E-state index contributed by atoms with van der Waals surface area (Å²) >= 11 is 0. The zero-order valence-electron chi connectivity index (χ0n) is 6.95. The maximum Gasteiger partial charge on any atom is 0.252 e. The summed E-state index contributed by atoms with van der Waals surface area (Å²) in [5, 5.41) is 0. The summed E-state index contributed by atoms with van der Waals surface area (Å²) in [4.78, 5) is 19.1. The summed E-state index contributed by atoms with van der Waals surface area (Å²) in [7, 11) is 1.84. The van der Waals surface area contributed by atoms with Gasteiger partial charge in [-0.15, -0.1) is 0 Å². The van der Waals surface area contributed by atoms with Gasteiger partial charge in [0, 0.05) is 26.2 Å². The molecule has 0 fully saturated rings. The Bertz CT molecular complexity index is 295. The molecule has 0 radical (unpaired) electrons. The topological polar surface area (TPSA) is 75.0 Å². The van der Waals surface area contributed by atoms with E-state index in [0.29, 0.717) is 18.9 Å². The molecule has 1 aromatic heterocycles. The molecule has 0 atom stereocenters. The minimum Gasteiger partial charge on any atom is -0.358 e. The van der Waals surface area contributed by atoms with E-state index >= 15 is 0 Å². The molecule has 1 aromatic rings. The van der Waals surface area contributed by atoms with E-state index in [2.05, 4.69) is 9.97 Å². The first kappa shape index (κ1) is 8.73. The van der Waals surface area contributed by atoms with Crippen molar-refractivity contribution in [3.05, 3.63) is 22.7 Å². The molecule has 0 aliphatic carbocycles. The first-order chi connectivity index (χ1) is 5.74. The Morgan fingerprint density at radius 2 is 2.50 bits per heavy atom. The van der Waals surface area contributed by atoms with Gasteiger partial charge < -0.3 is 15.6 Å². The van der Waals surface area contributed by atoms with Crippen LogP contribution in [-0.4, -0.2) is 30.1 Å². The first-order valence-electron chi connectivity index (χ1n) is 3.70. The third-order valence-electron chi connectivity index (χ3n) is 1.52. The maximum absolute atomic E-state index is 10.8. The zero-order valence-corrected chi connectivity index (χ0v) is 6.95. The summed E-state index contributed by atoms with van der Waals surface area (Å²) in [6.07, 6.45) is 1.38. The molecule has 1 heterocycles. The number of likely N-dealkylation sites (N-methyl/N-ethyl adjacent to an activating group) is 1. The van der Waals surface area contributed by atoms with Crippen molar-refractivity contribution in [1.29, 1.82) is 0 Å². The number of nitrogens with two attached hydrogens (primary N) is 1. The molecule has 0 spiro atoms. The van der Waals surface area contributed by atoms with Gasteiger partial charge in [-0.3, -0.25) is 4.79 Å². The van der Waals surface area contributed by atoms with Crippen molar-refractivity contribution in [3.63, 3.8) is 0 Å². The molecule has 0 aliphatic heterocycles. The van der Waals surface area contributed by atoms with Crippen LogP contribution in [0.15, 0.2) is 17.2 Å². The van der Waals surface area contributed by atoms with Gasteiger partial charge in [-0.25, -0.2) is 4.98 Å². The molecule has 12 heavy (non-hydrogen) atoms. The molecule has 3 N–H and O–H groups in total. The Morgan fingerprint density at radius 3 is 3.08 bits per heavy atom. The molecule has 0 aromatic carbocycles. The predicted molar refractivity (Wildman–Crippen MR) is 47.2 cm³/mol. The lowest BCUT2D eigenvalue weighted by molar-refractivity contribution is 0.861. The number of aromatic nitrogens is 2. The Labute approximate surface area is 70.2 Å². The van der Waals surface area contributed by atoms with Gasteiger partial charge in [-0.2, -0.15) is 0 Å². The summed E-state index contributed by atoms with van der Waals surface area (Å²) in [5.41, 5.74) is 5.20. The average molecular weight is 168 g/mol. The highest BCUT2D eigenvalue weighted by Crippen LogP contribution is 2.00. The van der Waals surface area contributed by atoms with Crippen LogP contribution >= 0.6 is 0 Å². The molecular weight excluding hydrogens is 156 g/mol. The zero-order chi connectivity index (χ0) is 8.97. The van der Waals surface area contributed by atoms with Crippen molar-refractivity contribution >= 4 is 5.82 Å². The van der Waals surface area contributed by atoms with Gasteiger partial charge in [0.1, 0.15) is 5.82 Å². The van der Waals surface area contributed by atoms with Gasteiger partial charge in [0.2, 0.25) is 0 Å². The second kappa shape index (κ2) is 3.87. The quantitative estimate of drug-likeness (QED) is 0.617. The van der Waals surface area contributed by atoms with Crippen LogP contribution in [-0.2, 0) is 0 Å². The number of H-pyrrole nitrogens is 1. The van der Waals surface area contributed by atoms with E-state index in [-0.39, 0.29) is 5.56 Å². The second-order valence-electron chi connectivity index (χ2n) is 2.48. The van der Waals surface area contributed by atoms with Crippen LogP contribution in [0.25, 0.3) is 0 Å². The van der Waals surface area contributed by atoms with Crippen LogP contribution in [0.3, 0.4) is 0 Å². The molecule has 0 amide bonds. The van der Waals surface area contributed by atoms with Crippen molar-refractivity contribution in [3.8, 4) is 0 Å². The number of nitrogens with zero attached hydrogens (tertiary/aromatic N) is 2. The average Bonchev–Trinajstić information content (AvgIpc) is 2.05.